The molecule has 0 spiro atoms. The number of nitrogens with zero attached hydrogens (tertiary/aromatic N) is 6. The molecule has 0 bridgehead atoms. The van der Waals surface area contributed by atoms with Gasteiger partial charge in [-0.3, -0.25) is 13.6 Å². The predicted molar refractivity (Wildman–Crippen MR) is 150 cm³/mol. The van der Waals surface area contributed by atoms with E-state index in [1.807, 2.05) is 0 Å². The fraction of sp³-hybridized carbons (Fsp3) is 0.308. The van der Waals surface area contributed by atoms with Crippen molar-refractivity contribution in [3.63, 3.8) is 0 Å². The SMILES string of the molecule is C.CCO/C=C/C(=O)C(=O)OC.CCOC(=O)c1ccn2c(Br)cnc2n1.CCOC(=O)c1ccn2ccnc2n1. The molecular formula is C26H31BrN6O8. The Kier molecular flexibility index (Phi) is 14.9. The van der Waals surface area contributed by atoms with Crippen molar-refractivity contribution < 1.29 is 38.1 Å². The molecular weight excluding hydrogens is 604 g/mol. The summed E-state index contributed by atoms with van der Waals surface area (Å²) in [5, 5.41) is 0. The zero-order valence-electron chi connectivity index (χ0n) is 22.1. The summed E-state index contributed by atoms with van der Waals surface area (Å²) in [7, 11) is 1.15. The molecule has 14 nitrogen and oxygen atoms in total. The zero-order valence-corrected chi connectivity index (χ0v) is 23.7. The Balaban J connectivity index is 0.000000308. The number of ketones is 1. The van der Waals surface area contributed by atoms with Crippen LogP contribution in [0.3, 0.4) is 0 Å². The van der Waals surface area contributed by atoms with Crippen LogP contribution in [0.4, 0.5) is 0 Å². The summed E-state index contributed by atoms with van der Waals surface area (Å²) >= 11 is 3.30. The number of hydrogen-bond acceptors (Lipinski definition) is 12. The second kappa shape index (κ2) is 17.8. The van der Waals surface area contributed by atoms with Crippen LogP contribution in [0, 0.1) is 0 Å². The van der Waals surface area contributed by atoms with Gasteiger partial charge in [-0.05, 0) is 48.8 Å². The monoisotopic (exact) mass is 634 g/mol. The molecule has 4 heterocycles. The number of fused-ring (bicyclic) bond motifs is 2. The van der Waals surface area contributed by atoms with Crippen molar-refractivity contribution in [3.8, 4) is 0 Å². The molecule has 0 amide bonds. The first-order chi connectivity index (χ1) is 19.2. The van der Waals surface area contributed by atoms with E-state index in [0.29, 0.717) is 31.4 Å². The van der Waals surface area contributed by atoms with E-state index in [4.69, 9.17) is 9.47 Å². The van der Waals surface area contributed by atoms with Crippen molar-refractivity contribution in [2.75, 3.05) is 26.9 Å². The maximum Gasteiger partial charge on any atom is 0.378 e. The number of carbonyl (C=O) groups is 4. The topological polar surface area (TPSA) is 166 Å². The second-order valence-corrected chi connectivity index (χ2v) is 7.88. The lowest BCUT2D eigenvalue weighted by Gasteiger charge is -2.00. The van der Waals surface area contributed by atoms with Crippen LogP contribution in [0.1, 0.15) is 49.2 Å². The molecule has 4 aromatic rings. The molecule has 41 heavy (non-hydrogen) atoms. The van der Waals surface area contributed by atoms with Gasteiger partial charge in [0.2, 0.25) is 11.6 Å². The van der Waals surface area contributed by atoms with E-state index in [2.05, 4.69) is 45.3 Å². The summed E-state index contributed by atoms with van der Waals surface area (Å²) in [5.41, 5.74) is 0.549. The third-order valence-electron chi connectivity index (χ3n) is 4.43. The number of esters is 3. The van der Waals surface area contributed by atoms with E-state index >= 15 is 0 Å². The first-order valence-electron chi connectivity index (χ1n) is 11.8. The van der Waals surface area contributed by atoms with Crippen LogP contribution in [0.15, 0.2) is 60.1 Å². The molecule has 0 fully saturated rings. The van der Waals surface area contributed by atoms with Gasteiger partial charge in [-0.15, -0.1) is 0 Å². The molecule has 4 rings (SSSR count). The fourth-order valence-electron chi connectivity index (χ4n) is 2.66. The summed E-state index contributed by atoms with van der Waals surface area (Å²) in [6.45, 7) is 6.43. The van der Waals surface area contributed by atoms with Crippen molar-refractivity contribution in [3.05, 3.63) is 71.4 Å². The van der Waals surface area contributed by atoms with E-state index in [-0.39, 0.29) is 18.8 Å². The van der Waals surface area contributed by atoms with E-state index in [0.717, 1.165) is 17.8 Å². The number of halogens is 1. The molecule has 0 atom stereocenters. The molecule has 0 unspecified atom stereocenters. The molecule has 0 N–H and O–H groups in total. The van der Waals surface area contributed by atoms with Gasteiger partial charge in [0.05, 0.1) is 39.4 Å². The number of carbonyl (C=O) groups excluding carboxylic acids is 4. The van der Waals surface area contributed by atoms with Crippen LogP contribution in [-0.2, 0) is 28.5 Å². The Morgan fingerprint density at radius 3 is 2.07 bits per heavy atom. The normalized spacial score (nSPS) is 9.98. The molecule has 0 saturated carbocycles. The molecule has 4 aromatic heterocycles. The summed E-state index contributed by atoms with van der Waals surface area (Å²) in [5.74, 6) is -1.50. The zero-order chi connectivity index (χ0) is 29.5. The molecule has 220 valence electrons. The first-order valence-corrected chi connectivity index (χ1v) is 12.6. The minimum absolute atomic E-state index is 0. The van der Waals surface area contributed by atoms with Gasteiger partial charge in [-0.25, -0.2) is 34.3 Å². The Hall–Kier alpha value is -4.66. The van der Waals surface area contributed by atoms with Crippen LogP contribution in [0.5, 0.6) is 0 Å². The van der Waals surface area contributed by atoms with Crippen LogP contribution < -0.4 is 0 Å². The number of ether oxygens (including phenoxy) is 4. The van der Waals surface area contributed by atoms with Crippen LogP contribution >= 0.6 is 15.9 Å². The number of aromatic nitrogens is 6. The fourth-order valence-corrected chi connectivity index (χ4v) is 3.04. The van der Waals surface area contributed by atoms with Gasteiger partial charge in [0.1, 0.15) is 4.60 Å². The Morgan fingerprint density at radius 1 is 0.878 bits per heavy atom. The lowest BCUT2D eigenvalue weighted by atomic mass is 10.4. The summed E-state index contributed by atoms with van der Waals surface area (Å²) < 4.78 is 22.7. The average Bonchev–Trinajstić information content (AvgIpc) is 3.59. The highest BCUT2D eigenvalue weighted by Crippen LogP contribution is 2.11. The van der Waals surface area contributed by atoms with E-state index in [1.54, 1.807) is 72.7 Å². The van der Waals surface area contributed by atoms with E-state index in [1.165, 1.54) is 6.26 Å². The molecule has 0 aliphatic heterocycles. The minimum Gasteiger partial charge on any atom is -0.501 e. The van der Waals surface area contributed by atoms with Gasteiger partial charge in [0.25, 0.3) is 5.78 Å². The van der Waals surface area contributed by atoms with E-state index < -0.39 is 23.7 Å². The molecule has 0 radical (unpaired) electrons. The van der Waals surface area contributed by atoms with Gasteiger partial charge in [-0.2, -0.15) is 0 Å². The minimum atomic E-state index is -0.888. The van der Waals surface area contributed by atoms with Crippen LogP contribution in [0.25, 0.3) is 11.6 Å². The Morgan fingerprint density at radius 2 is 1.49 bits per heavy atom. The van der Waals surface area contributed by atoms with Gasteiger partial charge >= 0.3 is 17.9 Å². The molecule has 0 aliphatic rings. The number of methoxy groups -OCH3 is 1. The lowest BCUT2D eigenvalue weighted by Crippen LogP contribution is -2.12. The Bertz CT molecular complexity index is 1480. The summed E-state index contributed by atoms with van der Waals surface area (Å²) in [4.78, 5) is 59.8. The van der Waals surface area contributed by atoms with Gasteiger partial charge in [-0.1, -0.05) is 7.43 Å². The van der Waals surface area contributed by atoms with Gasteiger partial charge < -0.3 is 18.9 Å². The van der Waals surface area contributed by atoms with Crippen molar-refractivity contribution in [1.82, 2.24) is 28.7 Å². The average molecular weight is 635 g/mol. The smallest absolute Gasteiger partial charge is 0.378 e. The van der Waals surface area contributed by atoms with Crippen molar-refractivity contribution in [2.45, 2.75) is 28.2 Å². The summed E-state index contributed by atoms with van der Waals surface area (Å²) in [6.07, 6.45) is 10.6. The largest absolute Gasteiger partial charge is 0.501 e. The standard InChI is InChI=1S/C9H8BrN3O2.C9H9N3O2.C7H10O4.CH4/c1-2-15-8(14)6-3-4-13-7(10)5-11-9(13)12-6;1-2-14-8(13)7-3-5-12-6-4-10-9(12)11-7;1-3-11-5-4-6(8)7(9)10-2;/h3-5H,2H2,1H3;3-6H,2H2,1H3;4-5H,3H2,1-2H3;1H4/b;;5-4+;. The number of rotatable bonds is 8. The van der Waals surface area contributed by atoms with E-state index in [9.17, 15) is 19.2 Å². The van der Waals surface area contributed by atoms with Crippen molar-refractivity contribution in [2.24, 2.45) is 0 Å². The van der Waals surface area contributed by atoms with Crippen molar-refractivity contribution >= 4 is 51.2 Å². The van der Waals surface area contributed by atoms with Gasteiger partial charge in [0.15, 0.2) is 11.4 Å². The maximum atomic E-state index is 11.4. The maximum absolute atomic E-state index is 11.4. The lowest BCUT2D eigenvalue weighted by molar-refractivity contribution is -0.149. The molecule has 0 aromatic carbocycles. The highest BCUT2D eigenvalue weighted by atomic mass is 79.9. The van der Waals surface area contributed by atoms with Gasteiger partial charge in [0, 0.05) is 30.9 Å². The molecule has 0 aliphatic carbocycles. The highest BCUT2D eigenvalue weighted by Gasteiger charge is 2.11. The molecule has 15 heteroatoms. The summed E-state index contributed by atoms with van der Waals surface area (Å²) in [6, 6.07) is 3.20. The Labute approximate surface area is 244 Å². The predicted octanol–water partition coefficient (Wildman–Crippen LogP) is 3.49. The van der Waals surface area contributed by atoms with Crippen molar-refractivity contribution in [1.29, 1.82) is 0 Å². The highest BCUT2D eigenvalue weighted by molar-refractivity contribution is 9.10. The number of hydrogen-bond donors (Lipinski definition) is 0. The van der Waals surface area contributed by atoms with Crippen LogP contribution in [0.2, 0.25) is 0 Å². The second-order valence-electron chi connectivity index (χ2n) is 7.07. The van der Waals surface area contributed by atoms with Crippen LogP contribution in [-0.4, -0.2) is 79.4 Å². The quantitative estimate of drug-likeness (QED) is 0.0911. The number of imidazole rings is 2. The third kappa shape index (κ3) is 10.4. The first kappa shape index (κ1) is 34.4. The third-order valence-corrected chi connectivity index (χ3v) is 5.02. The molecule has 0 saturated heterocycles.